The van der Waals surface area contributed by atoms with Gasteiger partial charge in [0.1, 0.15) is 0 Å². The van der Waals surface area contributed by atoms with Crippen LogP contribution in [0, 0.1) is 6.92 Å². The zero-order valence-electron chi connectivity index (χ0n) is 6.63. The van der Waals surface area contributed by atoms with Gasteiger partial charge in [-0.05, 0) is 26.2 Å². The van der Waals surface area contributed by atoms with Gasteiger partial charge in [0, 0.05) is 11.4 Å². The van der Waals surface area contributed by atoms with E-state index in [4.69, 9.17) is 0 Å². The molecule has 2 rings (SSSR count). The van der Waals surface area contributed by atoms with E-state index in [-0.39, 0.29) is 0 Å². The summed E-state index contributed by atoms with van der Waals surface area (Å²) < 4.78 is 0. The minimum absolute atomic E-state index is 0.709. The highest BCUT2D eigenvalue weighted by Gasteiger charge is 2.17. The Morgan fingerprint density at radius 1 is 1.64 bits per heavy atom. The summed E-state index contributed by atoms with van der Waals surface area (Å²) in [5, 5.41) is 6.58. The SMILES string of the molecule is Cc1csc(NC2CCC2)n1. The largest absolute Gasteiger partial charge is 0.359 e. The second kappa shape index (κ2) is 2.81. The Hall–Kier alpha value is -0.570. The lowest BCUT2D eigenvalue weighted by Gasteiger charge is -2.25. The molecule has 60 valence electrons. The standard InChI is InChI=1S/C8H12N2S/c1-6-5-11-8(9-6)10-7-3-2-4-7/h5,7H,2-4H2,1H3,(H,9,10). The number of nitrogens with one attached hydrogen (secondary N) is 1. The number of thiazole rings is 1. The lowest BCUT2D eigenvalue weighted by molar-refractivity contribution is 0.445. The first-order chi connectivity index (χ1) is 5.34. The van der Waals surface area contributed by atoms with Gasteiger partial charge >= 0.3 is 0 Å². The molecule has 0 unspecified atom stereocenters. The Labute approximate surface area is 70.7 Å². The van der Waals surface area contributed by atoms with Gasteiger partial charge in [0.25, 0.3) is 0 Å². The zero-order chi connectivity index (χ0) is 7.68. The number of anilines is 1. The molecule has 1 aromatic heterocycles. The Morgan fingerprint density at radius 2 is 2.45 bits per heavy atom. The molecule has 1 aromatic rings. The van der Waals surface area contributed by atoms with Crippen molar-refractivity contribution in [2.45, 2.75) is 32.2 Å². The second-order valence-corrected chi connectivity index (χ2v) is 3.92. The summed E-state index contributed by atoms with van der Waals surface area (Å²) in [5.74, 6) is 0. The summed E-state index contributed by atoms with van der Waals surface area (Å²) in [6, 6.07) is 0.709. The van der Waals surface area contributed by atoms with Crippen LogP contribution < -0.4 is 5.32 Å². The summed E-state index contributed by atoms with van der Waals surface area (Å²) in [6.07, 6.45) is 4.01. The first-order valence-electron chi connectivity index (χ1n) is 4.03. The fourth-order valence-corrected chi connectivity index (χ4v) is 1.91. The predicted octanol–water partition coefficient (Wildman–Crippen LogP) is 2.42. The van der Waals surface area contributed by atoms with E-state index in [9.17, 15) is 0 Å². The van der Waals surface area contributed by atoms with Crippen molar-refractivity contribution in [1.82, 2.24) is 4.98 Å². The van der Waals surface area contributed by atoms with Gasteiger partial charge in [-0.25, -0.2) is 4.98 Å². The Kier molecular flexibility index (Phi) is 1.82. The summed E-state index contributed by atoms with van der Waals surface area (Å²) in [6.45, 7) is 2.03. The first-order valence-corrected chi connectivity index (χ1v) is 4.91. The molecule has 1 heterocycles. The number of rotatable bonds is 2. The molecule has 0 bridgehead atoms. The van der Waals surface area contributed by atoms with Crippen LogP contribution in [0.4, 0.5) is 5.13 Å². The van der Waals surface area contributed by atoms with Gasteiger partial charge in [0.2, 0.25) is 0 Å². The third-order valence-electron chi connectivity index (χ3n) is 2.05. The highest BCUT2D eigenvalue weighted by Crippen LogP contribution is 2.24. The molecule has 11 heavy (non-hydrogen) atoms. The van der Waals surface area contributed by atoms with Crippen molar-refractivity contribution in [3.05, 3.63) is 11.1 Å². The van der Waals surface area contributed by atoms with Crippen LogP contribution in [0.15, 0.2) is 5.38 Å². The van der Waals surface area contributed by atoms with Gasteiger partial charge in [-0.2, -0.15) is 0 Å². The molecule has 0 aromatic carbocycles. The van der Waals surface area contributed by atoms with Gasteiger partial charge in [-0.15, -0.1) is 11.3 Å². The molecule has 0 spiro atoms. The highest BCUT2D eigenvalue weighted by atomic mass is 32.1. The third-order valence-corrected chi connectivity index (χ3v) is 2.94. The smallest absolute Gasteiger partial charge is 0.183 e. The molecule has 0 radical (unpaired) electrons. The summed E-state index contributed by atoms with van der Waals surface area (Å²) in [7, 11) is 0. The van der Waals surface area contributed by atoms with E-state index in [2.05, 4.69) is 15.7 Å². The lowest BCUT2D eigenvalue weighted by Crippen LogP contribution is -2.26. The van der Waals surface area contributed by atoms with Crippen LogP contribution in [0.5, 0.6) is 0 Å². The molecular formula is C8H12N2S. The van der Waals surface area contributed by atoms with Gasteiger partial charge in [0.05, 0.1) is 5.69 Å². The van der Waals surface area contributed by atoms with E-state index >= 15 is 0 Å². The molecular weight excluding hydrogens is 156 g/mol. The summed E-state index contributed by atoms with van der Waals surface area (Å²) in [5.41, 5.74) is 1.12. The number of hydrogen-bond donors (Lipinski definition) is 1. The van der Waals surface area contributed by atoms with Crippen molar-refractivity contribution >= 4 is 16.5 Å². The summed E-state index contributed by atoms with van der Waals surface area (Å²) in [4.78, 5) is 4.34. The third kappa shape index (κ3) is 1.53. The van der Waals surface area contributed by atoms with Crippen molar-refractivity contribution in [3.8, 4) is 0 Å². The normalized spacial score (nSPS) is 17.9. The average Bonchev–Trinajstić information content (AvgIpc) is 2.27. The van der Waals surface area contributed by atoms with Crippen molar-refractivity contribution < 1.29 is 0 Å². The van der Waals surface area contributed by atoms with Crippen molar-refractivity contribution in [2.24, 2.45) is 0 Å². The maximum Gasteiger partial charge on any atom is 0.183 e. The number of nitrogens with zero attached hydrogens (tertiary/aromatic N) is 1. The van der Waals surface area contributed by atoms with E-state index in [1.165, 1.54) is 19.3 Å². The molecule has 0 amide bonds. The van der Waals surface area contributed by atoms with E-state index in [1.807, 2.05) is 6.92 Å². The fraction of sp³-hybridized carbons (Fsp3) is 0.625. The van der Waals surface area contributed by atoms with E-state index in [1.54, 1.807) is 11.3 Å². The Bertz CT molecular complexity index is 240. The van der Waals surface area contributed by atoms with Crippen molar-refractivity contribution in [2.75, 3.05) is 5.32 Å². The van der Waals surface area contributed by atoms with Crippen LogP contribution in [-0.2, 0) is 0 Å². The minimum atomic E-state index is 0.709. The maximum absolute atomic E-state index is 4.34. The molecule has 1 saturated carbocycles. The van der Waals surface area contributed by atoms with E-state index in [0.717, 1.165) is 10.8 Å². The number of aromatic nitrogens is 1. The van der Waals surface area contributed by atoms with Crippen LogP contribution in [0.2, 0.25) is 0 Å². The van der Waals surface area contributed by atoms with Gasteiger partial charge in [-0.3, -0.25) is 0 Å². The topological polar surface area (TPSA) is 24.9 Å². The van der Waals surface area contributed by atoms with Crippen LogP contribution in [0.25, 0.3) is 0 Å². The van der Waals surface area contributed by atoms with Crippen LogP contribution in [-0.4, -0.2) is 11.0 Å². The van der Waals surface area contributed by atoms with Crippen molar-refractivity contribution in [3.63, 3.8) is 0 Å². The maximum atomic E-state index is 4.34. The molecule has 0 atom stereocenters. The molecule has 0 saturated heterocycles. The quantitative estimate of drug-likeness (QED) is 0.733. The summed E-state index contributed by atoms with van der Waals surface area (Å²) >= 11 is 1.70. The van der Waals surface area contributed by atoms with Gasteiger partial charge in [-0.1, -0.05) is 0 Å². The molecule has 3 heteroatoms. The highest BCUT2D eigenvalue weighted by molar-refractivity contribution is 7.13. The van der Waals surface area contributed by atoms with Crippen LogP contribution in [0.3, 0.4) is 0 Å². The van der Waals surface area contributed by atoms with Gasteiger partial charge in [0.15, 0.2) is 5.13 Å². The monoisotopic (exact) mass is 168 g/mol. The lowest BCUT2D eigenvalue weighted by atomic mass is 9.93. The predicted molar refractivity (Wildman–Crippen MR) is 48.1 cm³/mol. The zero-order valence-corrected chi connectivity index (χ0v) is 7.45. The van der Waals surface area contributed by atoms with Crippen molar-refractivity contribution in [1.29, 1.82) is 0 Å². The molecule has 1 aliphatic carbocycles. The Morgan fingerprint density at radius 3 is 2.91 bits per heavy atom. The van der Waals surface area contributed by atoms with Crippen LogP contribution in [0.1, 0.15) is 25.0 Å². The Balaban J connectivity index is 1.95. The minimum Gasteiger partial charge on any atom is -0.359 e. The number of aryl methyl sites for hydroxylation is 1. The molecule has 1 fully saturated rings. The first kappa shape index (κ1) is 7.10. The van der Waals surface area contributed by atoms with E-state index < -0.39 is 0 Å². The molecule has 1 aliphatic rings. The molecule has 0 aliphatic heterocycles. The van der Waals surface area contributed by atoms with Gasteiger partial charge < -0.3 is 5.32 Å². The number of hydrogen-bond acceptors (Lipinski definition) is 3. The average molecular weight is 168 g/mol. The fourth-order valence-electron chi connectivity index (χ4n) is 1.15. The van der Waals surface area contributed by atoms with Crippen LogP contribution >= 0.6 is 11.3 Å². The van der Waals surface area contributed by atoms with E-state index in [0.29, 0.717) is 6.04 Å². The second-order valence-electron chi connectivity index (χ2n) is 3.07. The molecule has 1 N–H and O–H groups in total. The molecule has 2 nitrogen and oxygen atoms in total.